The highest BCUT2D eigenvalue weighted by Gasteiger charge is 2.50. The van der Waals surface area contributed by atoms with Crippen LogP contribution in [0.5, 0.6) is 0 Å². The summed E-state index contributed by atoms with van der Waals surface area (Å²) in [5.74, 6) is -0.324. The van der Waals surface area contributed by atoms with Gasteiger partial charge in [-0.25, -0.2) is 8.42 Å². The van der Waals surface area contributed by atoms with Crippen LogP contribution in [0.4, 0.5) is 0 Å². The summed E-state index contributed by atoms with van der Waals surface area (Å²) >= 11 is 0. The zero-order valence-electron chi connectivity index (χ0n) is 37.5. The van der Waals surface area contributed by atoms with Crippen LogP contribution in [-0.4, -0.2) is 105 Å². The molecule has 1 aromatic rings. The largest absolute Gasteiger partial charge is 0.414 e. The van der Waals surface area contributed by atoms with E-state index < -0.39 is 50.7 Å². The van der Waals surface area contributed by atoms with Crippen LogP contribution in [0, 0.1) is 11.8 Å². The minimum Gasteiger partial charge on any atom is -0.414 e. The zero-order chi connectivity index (χ0) is 42.6. The molecule has 12 heteroatoms. The van der Waals surface area contributed by atoms with Gasteiger partial charge in [-0.2, -0.15) is 0 Å². The number of ether oxygens (including phenoxy) is 4. The van der Waals surface area contributed by atoms with Crippen molar-refractivity contribution in [2.24, 2.45) is 11.8 Å². The lowest BCUT2D eigenvalue weighted by Crippen LogP contribution is -2.49. The highest BCUT2D eigenvalue weighted by Crippen LogP contribution is 2.44. The van der Waals surface area contributed by atoms with Crippen molar-refractivity contribution in [2.45, 2.75) is 190 Å². The van der Waals surface area contributed by atoms with Gasteiger partial charge in [0.05, 0.1) is 66.1 Å². The van der Waals surface area contributed by atoms with E-state index in [9.17, 15) is 13.5 Å². The highest BCUT2D eigenvalue weighted by atomic mass is 32.2. The summed E-state index contributed by atoms with van der Waals surface area (Å²) in [6.07, 6.45) is 4.12. The number of hydrogen-bond donors (Lipinski definition) is 1. The number of aliphatic hydroxyl groups is 1. The highest BCUT2D eigenvalue weighted by molar-refractivity contribution is 7.91. The van der Waals surface area contributed by atoms with Gasteiger partial charge < -0.3 is 32.9 Å². The van der Waals surface area contributed by atoms with E-state index in [0.717, 1.165) is 49.7 Å². The molecule has 0 aromatic heterocycles. The smallest absolute Gasteiger partial charge is 0.192 e. The van der Waals surface area contributed by atoms with E-state index in [1.54, 1.807) is 31.4 Å². The molecule has 3 aliphatic rings. The SMILES string of the molecule is C=C1C[C@H](CCCO)OC1CC[C@H]1C[C@@H](C)C(=C)C(C[C@@H]2OC(C[C@@H](CO[Si](C)(C)C(C)(C)C)O[Si](C)(C)C(C)(C)C)[C@H](OC)[C@H]2CS(=O)(=O)c2ccccc2)O1. The van der Waals surface area contributed by atoms with Gasteiger partial charge in [0.1, 0.15) is 0 Å². The standard InChI is InChI=1S/C45H78O9SSi2/c1-31-25-35(22-23-39-32(2)26-34(51-39)19-18-24-46)52-40(33(31)3)28-41-38(30-55(47,48)37-20-16-15-17-21-37)43(49-10)42(53-41)27-36(54-57(13,14)45(7,8)9)29-50-56(11,12)44(4,5)6/h15-17,20-21,31,34-36,38-43,46H,2-3,18-19,22-30H2,1,4-14H3/t31-,34+,35+,36+,38+,39?,40?,41+,42?,43-/m1/s1. The van der Waals surface area contributed by atoms with Crippen molar-refractivity contribution in [3.05, 3.63) is 54.6 Å². The monoisotopic (exact) mass is 850 g/mol. The number of hydrogen-bond acceptors (Lipinski definition) is 9. The van der Waals surface area contributed by atoms with Gasteiger partial charge in [-0.05, 0) is 104 Å². The van der Waals surface area contributed by atoms with Crippen LogP contribution >= 0.6 is 0 Å². The lowest BCUT2D eigenvalue weighted by Gasteiger charge is -2.42. The molecule has 0 amide bonds. The normalized spacial score (nSPS) is 29.9. The van der Waals surface area contributed by atoms with Crippen molar-refractivity contribution in [1.82, 2.24) is 0 Å². The summed E-state index contributed by atoms with van der Waals surface area (Å²) in [7, 11) is -6.35. The van der Waals surface area contributed by atoms with E-state index in [0.29, 0.717) is 24.3 Å². The Morgan fingerprint density at radius 1 is 0.877 bits per heavy atom. The van der Waals surface area contributed by atoms with Crippen LogP contribution < -0.4 is 0 Å². The predicted molar refractivity (Wildman–Crippen MR) is 235 cm³/mol. The van der Waals surface area contributed by atoms with Gasteiger partial charge in [0, 0.05) is 32.5 Å². The Hall–Kier alpha value is -1.20. The molecule has 0 spiro atoms. The van der Waals surface area contributed by atoms with Gasteiger partial charge in [0.2, 0.25) is 0 Å². The van der Waals surface area contributed by atoms with Crippen molar-refractivity contribution in [2.75, 3.05) is 26.1 Å². The second kappa shape index (κ2) is 19.7. The third kappa shape index (κ3) is 12.7. The van der Waals surface area contributed by atoms with Crippen molar-refractivity contribution in [3.8, 4) is 0 Å². The summed E-state index contributed by atoms with van der Waals surface area (Å²) in [6, 6.07) is 8.68. The molecule has 3 aliphatic heterocycles. The van der Waals surface area contributed by atoms with Crippen LogP contribution in [0.15, 0.2) is 59.5 Å². The molecular weight excluding hydrogens is 773 g/mol. The van der Waals surface area contributed by atoms with Crippen LogP contribution in [0.25, 0.3) is 0 Å². The fourth-order valence-corrected chi connectivity index (χ4v) is 12.1. The fourth-order valence-electron chi connectivity index (χ4n) is 8.08. The maximum Gasteiger partial charge on any atom is 0.192 e. The molecule has 0 bridgehead atoms. The zero-order valence-corrected chi connectivity index (χ0v) is 40.3. The van der Waals surface area contributed by atoms with Crippen molar-refractivity contribution in [1.29, 1.82) is 0 Å². The summed E-state index contributed by atoms with van der Waals surface area (Å²) in [6.45, 7) is 34.2. The number of methoxy groups -OCH3 is 1. The average Bonchev–Trinajstić information content (AvgIpc) is 3.63. The molecule has 3 heterocycles. The van der Waals surface area contributed by atoms with Crippen LogP contribution in [0.3, 0.4) is 0 Å². The molecule has 3 saturated heterocycles. The van der Waals surface area contributed by atoms with Crippen LogP contribution in [0.2, 0.25) is 36.3 Å². The second-order valence-corrected chi connectivity index (χ2v) is 31.8. The van der Waals surface area contributed by atoms with E-state index in [1.165, 1.54) is 0 Å². The van der Waals surface area contributed by atoms with Gasteiger partial charge in [0.25, 0.3) is 0 Å². The number of aliphatic hydroxyl groups excluding tert-OH is 1. The molecule has 9 nitrogen and oxygen atoms in total. The van der Waals surface area contributed by atoms with E-state index in [2.05, 4.69) is 87.8 Å². The molecule has 0 aliphatic carbocycles. The molecule has 326 valence electrons. The molecule has 4 rings (SSSR count). The second-order valence-electron chi connectivity index (χ2n) is 20.2. The van der Waals surface area contributed by atoms with Crippen molar-refractivity contribution >= 4 is 26.5 Å². The van der Waals surface area contributed by atoms with E-state index >= 15 is 0 Å². The summed E-state index contributed by atoms with van der Waals surface area (Å²) < 4.78 is 68.6. The minimum absolute atomic E-state index is 0.000157. The maximum atomic E-state index is 14.1. The topological polar surface area (TPSA) is 110 Å². The molecule has 3 fully saturated rings. The van der Waals surface area contributed by atoms with Gasteiger partial charge in [-0.3, -0.25) is 0 Å². The summed E-state index contributed by atoms with van der Waals surface area (Å²) in [5, 5.41) is 9.32. The Morgan fingerprint density at radius 3 is 2.11 bits per heavy atom. The molecule has 3 unspecified atom stereocenters. The molecule has 1 aromatic carbocycles. The molecule has 1 N–H and O–H groups in total. The van der Waals surface area contributed by atoms with Crippen molar-refractivity contribution in [3.63, 3.8) is 0 Å². The summed E-state index contributed by atoms with van der Waals surface area (Å²) in [4.78, 5) is 0.297. The lowest BCUT2D eigenvalue weighted by atomic mass is 9.83. The Morgan fingerprint density at radius 2 is 1.51 bits per heavy atom. The van der Waals surface area contributed by atoms with E-state index in [-0.39, 0.29) is 58.9 Å². The lowest BCUT2D eigenvalue weighted by molar-refractivity contribution is -0.0782. The van der Waals surface area contributed by atoms with E-state index in [1.807, 2.05) is 6.07 Å². The average molecular weight is 851 g/mol. The third-order valence-corrected chi connectivity index (χ3v) is 24.7. The molecule has 10 atom stereocenters. The third-order valence-electron chi connectivity index (χ3n) is 13.8. The van der Waals surface area contributed by atoms with Gasteiger partial charge in [-0.15, -0.1) is 0 Å². The molecule has 57 heavy (non-hydrogen) atoms. The van der Waals surface area contributed by atoms with E-state index in [4.69, 9.17) is 27.8 Å². The number of rotatable bonds is 19. The minimum atomic E-state index is -3.68. The number of sulfone groups is 1. The Kier molecular flexibility index (Phi) is 16.7. The fraction of sp³-hybridized carbons (Fsp3) is 0.778. The first kappa shape index (κ1) is 48.5. The Bertz CT molecular complexity index is 1570. The first-order valence-electron chi connectivity index (χ1n) is 21.4. The summed E-state index contributed by atoms with van der Waals surface area (Å²) in [5.41, 5.74) is 2.14. The quantitative estimate of drug-likeness (QED) is 0.108. The molecule has 0 radical (unpaired) electrons. The van der Waals surface area contributed by atoms with Gasteiger partial charge >= 0.3 is 0 Å². The first-order valence-corrected chi connectivity index (χ1v) is 28.9. The number of benzene rings is 1. The predicted octanol–water partition coefficient (Wildman–Crippen LogP) is 9.67. The molecular formula is C45H78O9SSi2. The maximum absolute atomic E-state index is 14.1. The molecule has 0 saturated carbocycles. The van der Waals surface area contributed by atoms with Gasteiger partial charge in [0.15, 0.2) is 26.5 Å². The Labute approximate surface area is 348 Å². The first-order chi connectivity index (χ1) is 26.4. The van der Waals surface area contributed by atoms with Gasteiger partial charge in [-0.1, -0.05) is 79.8 Å². The van der Waals surface area contributed by atoms with Crippen molar-refractivity contribution < 1.29 is 41.3 Å². The Balaban J connectivity index is 1.59. The van der Waals surface area contributed by atoms with Crippen LogP contribution in [-0.2, 0) is 37.6 Å². The van der Waals surface area contributed by atoms with Crippen LogP contribution in [0.1, 0.15) is 99.8 Å².